The molecule has 2 aromatic heterocycles. The number of rotatable bonds is 5. The van der Waals surface area contributed by atoms with Gasteiger partial charge in [0.2, 0.25) is 11.8 Å². The fourth-order valence-electron chi connectivity index (χ4n) is 3.62. The molecule has 0 spiro atoms. The number of nitrogens with zero attached hydrogens (tertiary/aromatic N) is 3. The van der Waals surface area contributed by atoms with Gasteiger partial charge in [-0.15, -0.1) is 0 Å². The Bertz CT molecular complexity index is 1210. The molecule has 1 unspecified atom stereocenters. The summed E-state index contributed by atoms with van der Waals surface area (Å²) in [5.74, 6) is -1.23. The van der Waals surface area contributed by atoms with Gasteiger partial charge in [-0.25, -0.2) is 9.07 Å². The summed E-state index contributed by atoms with van der Waals surface area (Å²) in [6.07, 6.45) is 1.58. The molecule has 3 aromatic rings. The number of hydrogen-bond acceptors (Lipinski definition) is 4. The van der Waals surface area contributed by atoms with E-state index in [1.54, 1.807) is 25.3 Å². The molecule has 0 saturated heterocycles. The molecule has 0 bridgehead atoms. The lowest BCUT2D eigenvalue weighted by Gasteiger charge is -2.32. The Balaban J connectivity index is 1.54. The summed E-state index contributed by atoms with van der Waals surface area (Å²) >= 11 is 5.83. The lowest BCUT2D eigenvalue weighted by molar-refractivity contribution is -0.138. The zero-order valence-electron chi connectivity index (χ0n) is 16.6. The van der Waals surface area contributed by atoms with Crippen molar-refractivity contribution < 1.29 is 14.0 Å². The third kappa shape index (κ3) is 4.09. The van der Waals surface area contributed by atoms with E-state index in [4.69, 9.17) is 11.6 Å². The molecule has 160 valence electrons. The van der Waals surface area contributed by atoms with E-state index < -0.39 is 11.9 Å². The minimum Gasteiger partial charge on any atom is -0.349 e. The van der Waals surface area contributed by atoms with Gasteiger partial charge < -0.3 is 10.2 Å². The fourth-order valence-corrected chi connectivity index (χ4v) is 3.79. The van der Waals surface area contributed by atoms with E-state index >= 15 is 0 Å². The topological polar surface area (TPSA) is 100 Å². The maximum absolute atomic E-state index is 13.5. The van der Waals surface area contributed by atoms with Crippen molar-refractivity contribution in [1.29, 1.82) is 0 Å². The molecule has 4 rings (SSSR count). The molecule has 2 N–H and O–H groups in total. The van der Waals surface area contributed by atoms with Crippen LogP contribution in [0.1, 0.15) is 29.9 Å². The van der Waals surface area contributed by atoms with Crippen LogP contribution in [0.15, 0.2) is 47.4 Å². The Morgan fingerprint density at radius 1 is 1.32 bits per heavy atom. The number of pyridine rings is 1. The highest BCUT2D eigenvalue weighted by molar-refractivity contribution is 6.30. The maximum Gasteiger partial charge on any atom is 0.276 e. The van der Waals surface area contributed by atoms with Crippen LogP contribution in [0.4, 0.5) is 4.39 Å². The molecule has 8 nitrogen and oxygen atoms in total. The van der Waals surface area contributed by atoms with Crippen LogP contribution in [0.3, 0.4) is 0 Å². The van der Waals surface area contributed by atoms with Gasteiger partial charge in [0.05, 0.1) is 46.7 Å². The highest BCUT2D eigenvalue weighted by Crippen LogP contribution is 2.27. The summed E-state index contributed by atoms with van der Waals surface area (Å²) in [5, 5.41) is 5.53. The normalized spacial score (nSPS) is 15.6. The van der Waals surface area contributed by atoms with Gasteiger partial charge in [-0.3, -0.25) is 24.5 Å². The molecular weight excluding hydrogens is 425 g/mol. The van der Waals surface area contributed by atoms with Crippen LogP contribution in [-0.4, -0.2) is 38.0 Å². The van der Waals surface area contributed by atoms with Gasteiger partial charge in [0, 0.05) is 6.20 Å². The molecule has 2 amide bonds. The van der Waals surface area contributed by atoms with Crippen molar-refractivity contribution in [2.45, 2.75) is 25.9 Å². The van der Waals surface area contributed by atoms with Crippen molar-refractivity contribution in [3.8, 4) is 5.69 Å². The largest absolute Gasteiger partial charge is 0.349 e. The van der Waals surface area contributed by atoms with Crippen molar-refractivity contribution in [2.75, 3.05) is 6.54 Å². The quantitative estimate of drug-likeness (QED) is 0.630. The molecule has 3 heterocycles. The van der Waals surface area contributed by atoms with E-state index in [0.29, 0.717) is 22.6 Å². The van der Waals surface area contributed by atoms with E-state index in [9.17, 15) is 18.8 Å². The number of H-pyrrole nitrogens is 1. The minimum atomic E-state index is -0.613. The second kappa shape index (κ2) is 8.35. The molecule has 0 fully saturated rings. The molecule has 1 aliphatic heterocycles. The molecule has 10 heteroatoms. The van der Waals surface area contributed by atoms with Crippen LogP contribution >= 0.6 is 11.6 Å². The van der Waals surface area contributed by atoms with Gasteiger partial charge in [-0.1, -0.05) is 17.7 Å². The van der Waals surface area contributed by atoms with E-state index in [1.807, 2.05) is 6.07 Å². The molecule has 1 aliphatic rings. The summed E-state index contributed by atoms with van der Waals surface area (Å²) < 4.78 is 14.7. The van der Waals surface area contributed by atoms with Crippen LogP contribution in [-0.2, 0) is 22.6 Å². The number of amides is 2. The second-order valence-electron chi connectivity index (χ2n) is 7.22. The molecule has 0 radical (unpaired) electrons. The highest BCUT2D eigenvalue weighted by Gasteiger charge is 2.35. The highest BCUT2D eigenvalue weighted by atomic mass is 35.5. The van der Waals surface area contributed by atoms with E-state index in [0.717, 1.165) is 6.07 Å². The van der Waals surface area contributed by atoms with Crippen molar-refractivity contribution in [2.24, 2.45) is 0 Å². The monoisotopic (exact) mass is 443 g/mol. The van der Waals surface area contributed by atoms with Crippen molar-refractivity contribution in [1.82, 2.24) is 25.0 Å². The van der Waals surface area contributed by atoms with Crippen molar-refractivity contribution >= 4 is 23.4 Å². The van der Waals surface area contributed by atoms with Crippen LogP contribution < -0.4 is 10.9 Å². The van der Waals surface area contributed by atoms with Gasteiger partial charge in [0.15, 0.2) is 0 Å². The maximum atomic E-state index is 13.5. The lowest BCUT2D eigenvalue weighted by Crippen LogP contribution is -2.46. The number of carbonyl (C=O) groups excluding carboxylic acids is 2. The van der Waals surface area contributed by atoms with E-state index in [2.05, 4.69) is 15.4 Å². The third-order valence-corrected chi connectivity index (χ3v) is 5.50. The molecule has 1 aromatic carbocycles. The summed E-state index contributed by atoms with van der Waals surface area (Å²) in [6, 6.07) is 8.67. The number of nitrogens with one attached hydrogen (secondary N) is 2. The Morgan fingerprint density at radius 2 is 2.13 bits per heavy atom. The lowest BCUT2D eigenvalue weighted by atomic mass is 10.00. The van der Waals surface area contributed by atoms with E-state index in [1.165, 1.54) is 21.7 Å². The molecule has 1 atom stereocenters. The summed E-state index contributed by atoms with van der Waals surface area (Å²) in [7, 11) is 0. The average molecular weight is 444 g/mol. The smallest absolute Gasteiger partial charge is 0.276 e. The second-order valence-corrected chi connectivity index (χ2v) is 7.62. The molecule has 31 heavy (non-hydrogen) atoms. The van der Waals surface area contributed by atoms with E-state index in [-0.39, 0.29) is 41.9 Å². The van der Waals surface area contributed by atoms with Gasteiger partial charge >= 0.3 is 0 Å². The van der Waals surface area contributed by atoms with Gasteiger partial charge in [0.25, 0.3) is 5.56 Å². The summed E-state index contributed by atoms with van der Waals surface area (Å²) in [5.41, 5.74) is 1.52. The van der Waals surface area contributed by atoms with Crippen molar-refractivity contribution in [3.63, 3.8) is 0 Å². The first kappa shape index (κ1) is 20.8. The number of halogens is 2. The molecule has 0 saturated carbocycles. The summed E-state index contributed by atoms with van der Waals surface area (Å²) in [4.78, 5) is 43.6. The first-order valence-corrected chi connectivity index (χ1v) is 9.98. The van der Waals surface area contributed by atoms with Gasteiger partial charge in [-0.05, 0) is 37.3 Å². The Hall–Kier alpha value is -3.46. The zero-order chi connectivity index (χ0) is 22.1. The van der Waals surface area contributed by atoms with Crippen LogP contribution in [0.25, 0.3) is 5.69 Å². The van der Waals surface area contributed by atoms with Gasteiger partial charge in [0.1, 0.15) is 12.4 Å². The summed E-state index contributed by atoms with van der Waals surface area (Å²) in [6.45, 7) is 1.75. The fraction of sp³-hybridized carbons (Fsp3) is 0.238. The van der Waals surface area contributed by atoms with Crippen LogP contribution in [0, 0.1) is 5.82 Å². The number of aromatic amines is 1. The number of benzene rings is 1. The Labute approximate surface area is 181 Å². The third-order valence-electron chi connectivity index (χ3n) is 5.21. The minimum absolute atomic E-state index is 0.0512. The van der Waals surface area contributed by atoms with Gasteiger partial charge in [-0.2, -0.15) is 0 Å². The Kier molecular flexibility index (Phi) is 5.60. The zero-order valence-corrected chi connectivity index (χ0v) is 17.3. The SMILES string of the molecule is CC1c2c([nH]n(-c3ccc(F)c(Cl)c3)c2=O)CC(=O)N1CC(=O)NCc1ccccn1. The first-order valence-electron chi connectivity index (χ1n) is 9.60. The Morgan fingerprint density at radius 3 is 2.84 bits per heavy atom. The number of fused-ring (bicyclic) bond motifs is 1. The number of carbonyl (C=O) groups is 2. The van der Waals surface area contributed by atoms with Crippen molar-refractivity contribution in [3.05, 3.63) is 80.7 Å². The first-order chi connectivity index (χ1) is 14.8. The number of aromatic nitrogens is 3. The van der Waals surface area contributed by atoms with Crippen LogP contribution in [0.5, 0.6) is 0 Å². The van der Waals surface area contributed by atoms with Crippen LogP contribution in [0.2, 0.25) is 5.02 Å². The molecule has 0 aliphatic carbocycles. The molecular formula is C21H19ClFN5O3. The standard InChI is InChI=1S/C21H19ClFN5O3/c1-12-20-17(26-28(21(20)31)14-5-6-16(23)15(22)8-14)9-19(30)27(12)11-18(29)25-10-13-4-2-3-7-24-13/h2-8,12,26H,9-11H2,1H3,(H,25,29). The predicted octanol–water partition coefficient (Wildman–Crippen LogP) is 2.12. The predicted molar refractivity (Wildman–Crippen MR) is 111 cm³/mol. The average Bonchev–Trinajstić information content (AvgIpc) is 3.08. The number of hydrogen-bond donors (Lipinski definition) is 2.